The van der Waals surface area contributed by atoms with Crippen LogP contribution in [0.4, 0.5) is 0 Å². The molecule has 2 heterocycles. The summed E-state index contributed by atoms with van der Waals surface area (Å²) in [5, 5.41) is 15.8. The molecule has 0 saturated heterocycles. The summed E-state index contributed by atoms with van der Waals surface area (Å²) in [5.41, 5.74) is 3.77. The summed E-state index contributed by atoms with van der Waals surface area (Å²) in [6.45, 7) is -0.0753. The first-order valence-electron chi connectivity index (χ1n) is 4.96. The highest BCUT2D eigenvalue weighted by Crippen LogP contribution is 2.21. The minimum Gasteiger partial charge on any atom is -0.388 e. The Bertz CT molecular complexity index is 612. The molecule has 1 aromatic carbocycles. The van der Waals surface area contributed by atoms with E-state index in [0.717, 1.165) is 22.3 Å². The lowest BCUT2D eigenvalue weighted by Gasteiger charge is -1.96. The van der Waals surface area contributed by atoms with Gasteiger partial charge in [0.05, 0.1) is 16.7 Å². The van der Waals surface area contributed by atoms with Crippen molar-refractivity contribution in [2.75, 3.05) is 0 Å². The monoisotopic (exact) mass is 214 g/mol. The molecule has 0 bridgehead atoms. The highest BCUT2D eigenvalue weighted by atomic mass is 16.3. The standard InChI is InChI=1S/C11H10N4O/c16-6-11-13-9-2-1-7(5-10(9)14-11)8-3-4-12-15-8/h1-5,16H,6H2,(H,12,15)(H,13,14). The lowest BCUT2D eigenvalue weighted by molar-refractivity contribution is 0.273. The maximum Gasteiger partial charge on any atom is 0.133 e. The Hall–Kier alpha value is -2.14. The van der Waals surface area contributed by atoms with Crippen LogP contribution in [-0.2, 0) is 6.61 Å². The summed E-state index contributed by atoms with van der Waals surface area (Å²) >= 11 is 0. The second-order valence-electron chi connectivity index (χ2n) is 3.54. The number of nitrogens with zero attached hydrogens (tertiary/aromatic N) is 2. The van der Waals surface area contributed by atoms with Gasteiger partial charge in [0.1, 0.15) is 12.4 Å². The maximum atomic E-state index is 8.98. The number of nitrogens with one attached hydrogen (secondary N) is 2. The zero-order chi connectivity index (χ0) is 11.0. The van der Waals surface area contributed by atoms with Crippen molar-refractivity contribution in [3.05, 3.63) is 36.3 Å². The zero-order valence-electron chi connectivity index (χ0n) is 8.44. The van der Waals surface area contributed by atoms with E-state index in [1.54, 1.807) is 6.20 Å². The Labute approximate surface area is 91.2 Å². The van der Waals surface area contributed by atoms with Crippen LogP contribution in [0, 0.1) is 0 Å². The van der Waals surface area contributed by atoms with E-state index in [4.69, 9.17) is 5.11 Å². The Balaban J connectivity index is 2.15. The molecule has 2 aromatic heterocycles. The number of hydrogen-bond acceptors (Lipinski definition) is 3. The topological polar surface area (TPSA) is 77.6 Å². The van der Waals surface area contributed by atoms with Gasteiger partial charge in [-0.15, -0.1) is 0 Å². The molecule has 80 valence electrons. The van der Waals surface area contributed by atoms with Crippen LogP contribution >= 0.6 is 0 Å². The molecule has 0 unspecified atom stereocenters. The van der Waals surface area contributed by atoms with Crippen molar-refractivity contribution in [1.82, 2.24) is 20.2 Å². The SMILES string of the molecule is OCc1nc2ccc(-c3ccn[nH]3)cc2[nH]1. The lowest BCUT2D eigenvalue weighted by Crippen LogP contribution is -1.83. The number of benzene rings is 1. The fraction of sp³-hybridized carbons (Fsp3) is 0.0909. The highest BCUT2D eigenvalue weighted by Gasteiger charge is 2.04. The number of aliphatic hydroxyl groups excluding tert-OH is 1. The third-order valence-electron chi connectivity index (χ3n) is 2.49. The molecule has 0 amide bonds. The van der Waals surface area contributed by atoms with Gasteiger partial charge in [0.25, 0.3) is 0 Å². The molecule has 0 spiro atoms. The highest BCUT2D eigenvalue weighted by molar-refractivity contribution is 5.81. The molecule has 0 radical (unpaired) electrons. The molecule has 0 fully saturated rings. The summed E-state index contributed by atoms with van der Waals surface area (Å²) in [4.78, 5) is 7.27. The van der Waals surface area contributed by atoms with Crippen LogP contribution in [0.3, 0.4) is 0 Å². The van der Waals surface area contributed by atoms with Crippen LogP contribution in [-0.4, -0.2) is 25.3 Å². The molecule has 16 heavy (non-hydrogen) atoms. The van der Waals surface area contributed by atoms with Crippen LogP contribution in [0.2, 0.25) is 0 Å². The van der Waals surface area contributed by atoms with Gasteiger partial charge in [-0.05, 0) is 18.2 Å². The van der Waals surface area contributed by atoms with E-state index in [-0.39, 0.29) is 6.61 Å². The summed E-state index contributed by atoms with van der Waals surface area (Å²) in [7, 11) is 0. The molecule has 0 aliphatic heterocycles. The summed E-state index contributed by atoms with van der Waals surface area (Å²) < 4.78 is 0. The Kier molecular flexibility index (Phi) is 1.97. The molecule has 5 nitrogen and oxygen atoms in total. The summed E-state index contributed by atoms with van der Waals surface area (Å²) in [5.74, 6) is 0.580. The predicted molar refractivity (Wildman–Crippen MR) is 59.6 cm³/mol. The van der Waals surface area contributed by atoms with Crippen LogP contribution in [0.5, 0.6) is 0 Å². The van der Waals surface area contributed by atoms with Gasteiger partial charge in [0.2, 0.25) is 0 Å². The first-order valence-corrected chi connectivity index (χ1v) is 4.96. The molecule has 3 rings (SSSR count). The van der Waals surface area contributed by atoms with E-state index >= 15 is 0 Å². The number of aromatic amines is 2. The van der Waals surface area contributed by atoms with Crippen molar-refractivity contribution in [1.29, 1.82) is 0 Å². The van der Waals surface area contributed by atoms with E-state index in [2.05, 4.69) is 20.2 Å². The molecule has 3 aromatic rings. The molecular weight excluding hydrogens is 204 g/mol. The van der Waals surface area contributed by atoms with Crippen LogP contribution in [0.1, 0.15) is 5.82 Å². The number of imidazole rings is 1. The fourth-order valence-electron chi connectivity index (χ4n) is 1.72. The van der Waals surface area contributed by atoms with Crippen LogP contribution in [0.15, 0.2) is 30.5 Å². The molecule has 0 saturated carbocycles. The fourth-order valence-corrected chi connectivity index (χ4v) is 1.72. The first-order chi connectivity index (χ1) is 7.86. The largest absolute Gasteiger partial charge is 0.388 e. The van der Waals surface area contributed by atoms with Crippen molar-refractivity contribution in [2.24, 2.45) is 0 Å². The van der Waals surface area contributed by atoms with Gasteiger partial charge in [-0.2, -0.15) is 5.10 Å². The van der Waals surface area contributed by atoms with Crippen molar-refractivity contribution in [3.8, 4) is 11.3 Å². The molecule has 5 heteroatoms. The number of hydrogen-bond donors (Lipinski definition) is 3. The second-order valence-corrected chi connectivity index (χ2v) is 3.54. The van der Waals surface area contributed by atoms with E-state index in [1.165, 1.54) is 0 Å². The normalized spacial score (nSPS) is 11.1. The number of rotatable bonds is 2. The van der Waals surface area contributed by atoms with E-state index in [9.17, 15) is 0 Å². The van der Waals surface area contributed by atoms with Gasteiger partial charge in [-0.3, -0.25) is 5.10 Å². The van der Waals surface area contributed by atoms with Crippen LogP contribution in [0.25, 0.3) is 22.3 Å². The van der Waals surface area contributed by atoms with Gasteiger partial charge in [-0.1, -0.05) is 6.07 Å². The van der Waals surface area contributed by atoms with Crippen molar-refractivity contribution in [3.63, 3.8) is 0 Å². The summed E-state index contributed by atoms with van der Waals surface area (Å²) in [6.07, 6.45) is 1.71. The molecule has 0 atom stereocenters. The van der Waals surface area contributed by atoms with E-state index in [1.807, 2.05) is 24.3 Å². The van der Waals surface area contributed by atoms with Crippen molar-refractivity contribution in [2.45, 2.75) is 6.61 Å². The van der Waals surface area contributed by atoms with Crippen molar-refractivity contribution < 1.29 is 5.11 Å². The van der Waals surface area contributed by atoms with Crippen LogP contribution < -0.4 is 0 Å². The maximum absolute atomic E-state index is 8.98. The first kappa shape index (κ1) is 9.11. The number of aliphatic hydroxyl groups is 1. The minimum absolute atomic E-state index is 0.0753. The average Bonchev–Trinajstić information content (AvgIpc) is 2.96. The molecule has 0 aliphatic carbocycles. The van der Waals surface area contributed by atoms with Gasteiger partial charge in [-0.25, -0.2) is 4.98 Å². The van der Waals surface area contributed by atoms with Gasteiger partial charge < -0.3 is 10.1 Å². The number of aromatic nitrogens is 4. The van der Waals surface area contributed by atoms with Gasteiger partial charge >= 0.3 is 0 Å². The Morgan fingerprint density at radius 1 is 1.25 bits per heavy atom. The lowest BCUT2D eigenvalue weighted by atomic mass is 10.1. The second kappa shape index (κ2) is 3.46. The Morgan fingerprint density at radius 2 is 2.19 bits per heavy atom. The van der Waals surface area contributed by atoms with Crippen molar-refractivity contribution >= 4 is 11.0 Å². The third-order valence-corrected chi connectivity index (χ3v) is 2.49. The molecule has 0 aliphatic rings. The number of H-pyrrole nitrogens is 2. The average molecular weight is 214 g/mol. The smallest absolute Gasteiger partial charge is 0.133 e. The minimum atomic E-state index is -0.0753. The number of fused-ring (bicyclic) bond motifs is 1. The third kappa shape index (κ3) is 1.38. The van der Waals surface area contributed by atoms with Gasteiger partial charge in [0, 0.05) is 11.8 Å². The predicted octanol–water partition coefficient (Wildman–Crippen LogP) is 1.45. The van der Waals surface area contributed by atoms with E-state index < -0.39 is 0 Å². The quantitative estimate of drug-likeness (QED) is 0.604. The van der Waals surface area contributed by atoms with E-state index in [0.29, 0.717) is 5.82 Å². The zero-order valence-corrected chi connectivity index (χ0v) is 8.44. The Morgan fingerprint density at radius 3 is 2.94 bits per heavy atom. The molecular formula is C11H10N4O. The molecule has 3 N–H and O–H groups in total. The summed E-state index contributed by atoms with van der Waals surface area (Å²) in [6, 6.07) is 7.78. The van der Waals surface area contributed by atoms with Gasteiger partial charge in [0.15, 0.2) is 0 Å².